The summed E-state index contributed by atoms with van der Waals surface area (Å²) in [6.07, 6.45) is 0. The molecule has 0 radical (unpaired) electrons. The van der Waals surface area contributed by atoms with Crippen molar-refractivity contribution < 1.29 is 9.59 Å². The highest BCUT2D eigenvalue weighted by atomic mass is 16.2. The van der Waals surface area contributed by atoms with Crippen molar-refractivity contribution in [3.63, 3.8) is 0 Å². The minimum Gasteiger partial charge on any atom is -0.338 e. The van der Waals surface area contributed by atoms with Crippen LogP contribution in [-0.4, -0.2) is 45.9 Å². The maximum Gasteiger partial charge on any atom is 0.321 e. The number of fused-ring (bicyclic) bond motifs is 1. The Hall–Kier alpha value is -2.74. The van der Waals surface area contributed by atoms with Crippen LogP contribution in [-0.2, 0) is 11.3 Å². The summed E-state index contributed by atoms with van der Waals surface area (Å²) in [5.74, 6) is 0.372. The molecule has 146 valence electrons. The molecule has 0 aliphatic carbocycles. The van der Waals surface area contributed by atoms with Gasteiger partial charge < -0.3 is 10.3 Å². The van der Waals surface area contributed by atoms with Gasteiger partial charge in [0.1, 0.15) is 5.82 Å². The van der Waals surface area contributed by atoms with Crippen LogP contribution < -0.4 is 16.2 Å². The van der Waals surface area contributed by atoms with E-state index < -0.39 is 18.0 Å². The minimum absolute atomic E-state index is 0.211. The molecule has 2 aromatic rings. The van der Waals surface area contributed by atoms with E-state index in [4.69, 9.17) is 0 Å². The number of nitrogens with one attached hydrogen (secondary N) is 3. The lowest BCUT2D eigenvalue weighted by atomic mass is 10.2. The summed E-state index contributed by atoms with van der Waals surface area (Å²) in [5.41, 5.74) is 0.397. The maximum absolute atomic E-state index is 12.4. The highest BCUT2D eigenvalue weighted by molar-refractivity contribution is 5.96. The number of para-hydroxylation sites is 1. The topological polar surface area (TPSA) is 107 Å². The third-order valence-corrected chi connectivity index (χ3v) is 4.26. The van der Waals surface area contributed by atoms with Gasteiger partial charge in [0.25, 0.3) is 5.56 Å². The first kappa shape index (κ1) is 20.6. The monoisotopic (exact) mass is 373 g/mol. The van der Waals surface area contributed by atoms with Crippen molar-refractivity contribution in [2.75, 3.05) is 13.1 Å². The number of H-pyrrole nitrogens is 1. The number of likely N-dealkylation sites (N-methyl/N-ethyl adjacent to an activating group) is 1. The number of benzene rings is 1. The van der Waals surface area contributed by atoms with Gasteiger partial charge in [-0.1, -0.05) is 32.9 Å². The number of rotatable bonds is 7. The molecule has 1 atom stereocenters. The van der Waals surface area contributed by atoms with Crippen LogP contribution in [0.25, 0.3) is 10.9 Å². The van der Waals surface area contributed by atoms with Gasteiger partial charge in [-0.15, -0.1) is 0 Å². The van der Waals surface area contributed by atoms with Crippen LogP contribution in [0.4, 0.5) is 4.79 Å². The summed E-state index contributed by atoms with van der Waals surface area (Å²) < 4.78 is 0. The zero-order chi connectivity index (χ0) is 20.0. The van der Waals surface area contributed by atoms with E-state index in [1.807, 2.05) is 31.7 Å². The lowest BCUT2D eigenvalue weighted by Crippen LogP contribution is -2.50. The molecule has 1 aromatic carbocycles. The van der Waals surface area contributed by atoms with Gasteiger partial charge in [0.05, 0.1) is 23.5 Å². The first-order valence-corrected chi connectivity index (χ1v) is 9.12. The summed E-state index contributed by atoms with van der Waals surface area (Å²) in [5, 5.41) is 5.53. The number of nitrogens with zero attached hydrogens (tertiary/aromatic N) is 2. The number of aromatic amines is 1. The second-order valence-corrected chi connectivity index (χ2v) is 6.86. The molecule has 1 aromatic heterocycles. The second kappa shape index (κ2) is 9.27. The van der Waals surface area contributed by atoms with Gasteiger partial charge in [-0.3, -0.25) is 19.8 Å². The quantitative estimate of drug-likeness (QED) is 0.684. The zero-order valence-corrected chi connectivity index (χ0v) is 16.2. The Balaban J connectivity index is 2.06. The van der Waals surface area contributed by atoms with Crippen LogP contribution >= 0.6 is 0 Å². The maximum atomic E-state index is 12.4. The number of hydrogen-bond donors (Lipinski definition) is 3. The van der Waals surface area contributed by atoms with Crippen LogP contribution in [0, 0.1) is 5.92 Å². The van der Waals surface area contributed by atoms with Gasteiger partial charge in [0.2, 0.25) is 5.91 Å². The Kier molecular flexibility index (Phi) is 7.06. The molecule has 2 rings (SSSR count). The van der Waals surface area contributed by atoms with Gasteiger partial charge in [-0.2, -0.15) is 0 Å². The van der Waals surface area contributed by atoms with Crippen molar-refractivity contribution >= 4 is 22.8 Å². The van der Waals surface area contributed by atoms with Gasteiger partial charge in [0, 0.05) is 6.54 Å². The Morgan fingerprint density at radius 2 is 1.93 bits per heavy atom. The fourth-order valence-electron chi connectivity index (χ4n) is 2.65. The second-order valence-electron chi connectivity index (χ2n) is 6.86. The SMILES string of the molecule is CCN(Cc1nc2ccccc2c(=O)[nH]1)C(C)C(=O)NC(=O)NCC(C)C. The molecule has 0 bridgehead atoms. The average Bonchev–Trinajstić information content (AvgIpc) is 2.64. The van der Waals surface area contributed by atoms with Crippen molar-refractivity contribution in [2.45, 2.75) is 40.3 Å². The summed E-state index contributed by atoms with van der Waals surface area (Å²) in [6.45, 7) is 8.90. The van der Waals surface area contributed by atoms with Gasteiger partial charge in [-0.05, 0) is 31.5 Å². The zero-order valence-electron chi connectivity index (χ0n) is 16.2. The van der Waals surface area contributed by atoms with Crippen molar-refractivity contribution in [3.05, 3.63) is 40.4 Å². The standard InChI is InChI=1S/C19H27N5O3/c1-5-24(13(4)17(25)23-19(27)20-10-12(2)3)11-16-21-15-9-7-6-8-14(15)18(26)22-16/h6-9,12-13H,5,10-11H2,1-4H3,(H,21,22,26)(H2,20,23,25,27). The van der Waals surface area contributed by atoms with Crippen molar-refractivity contribution in [1.82, 2.24) is 25.5 Å². The number of imide groups is 1. The highest BCUT2D eigenvalue weighted by Crippen LogP contribution is 2.09. The van der Waals surface area contributed by atoms with Gasteiger partial charge in [-0.25, -0.2) is 9.78 Å². The van der Waals surface area contributed by atoms with Crippen molar-refractivity contribution in [3.8, 4) is 0 Å². The van der Waals surface area contributed by atoms with Crippen molar-refractivity contribution in [1.29, 1.82) is 0 Å². The molecule has 1 heterocycles. The van der Waals surface area contributed by atoms with Crippen LogP contribution in [0.3, 0.4) is 0 Å². The third-order valence-electron chi connectivity index (χ3n) is 4.26. The first-order valence-electron chi connectivity index (χ1n) is 9.12. The van der Waals surface area contributed by atoms with E-state index in [-0.39, 0.29) is 5.56 Å². The minimum atomic E-state index is -0.559. The summed E-state index contributed by atoms with van der Waals surface area (Å²) in [7, 11) is 0. The Labute approximate surface area is 158 Å². The summed E-state index contributed by atoms with van der Waals surface area (Å²) >= 11 is 0. The molecule has 1 unspecified atom stereocenters. The molecule has 8 heteroatoms. The molecular weight excluding hydrogens is 346 g/mol. The van der Waals surface area contributed by atoms with Crippen LogP contribution in [0.15, 0.2) is 29.1 Å². The molecular formula is C19H27N5O3. The lowest BCUT2D eigenvalue weighted by Gasteiger charge is -2.26. The highest BCUT2D eigenvalue weighted by Gasteiger charge is 2.22. The van der Waals surface area contributed by atoms with E-state index in [9.17, 15) is 14.4 Å². The van der Waals surface area contributed by atoms with E-state index in [0.717, 1.165) is 0 Å². The molecule has 0 spiro atoms. The lowest BCUT2D eigenvalue weighted by molar-refractivity contribution is -0.124. The fourth-order valence-corrected chi connectivity index (χ4v) is 2.65. The molecule has 0 aliphatic rings. The van der Waals surface area contributed by atoms with E-state index >= 15 is 0 Å². The Morgan fingerprint density at radius 1 is 1.22 bits per heavy atom. The smallest absolute Gasteiger partial charge is 0.321 e. The number of hydrogen-bond acceptors (Lipinski definition) is 5. The molecule has 3 amide bonds. The normalized spacial score (nSPS) is 12.4. The summed E-state index contributed by atoms with van der Waals surface area (Å²) in [4.78, 5) is 45.4. The molecule has 27 heavy (non-hydrogen) atoms. The predicted octanol–water partition coefficient (Wildman–Crippen LogP) is 1.62. The molecule has 8 nitrogen and oxygen atoms in total. The Bertz CT molecular complexity index is 862. The fraction of sp³-hybridized carbons (Fsp3) is 0.474. The molecule has 0 saturated carbocycles. The Morgan fingerprint density at radius 3 is 2.59 bits per heavy atom. The third kappa shape index (κ3) is 5.62. The molecule has 0 saturated heterocycles. The summed E-state index contributed by atoms with van der Waals surface area (Å²) in [6, 6.07) is 6.04. The van der Waals surface area contributed by atoms with Crippen LogP contribution in [0.1, 0.15) is 33.5 Å². The molecule has 0 fully saturated rings. The van der Waals surface area contributed by atoms with Gasteiger partial charge in [0.15, 0.2) is 0 Å². The molecule has 0 aliphatic heterocycles. The van der Waals surface area contributed by atoms with Gasteiger partial charge >= 0.3 is 6.03 Å². The van der Waals surface area contributed by atoms with E-state index in [2.05, 4.69) is 20.6 Å². The first-order chi connectivity index (χ1) is 12.8. The average molecular weight is 373 g/mol. The number of aromatic nitrogens is 2. The van der Waals surface area contributed by atoms with E-state index in [0.29, 0.717) is 42.3 Å². The molecule has 3 N–H and O–H groups in total. The van der Waals surface area contributed by atoms with Crippen LogP contribution in [0.2, 0.25) is 0 Å². The van der Waals surface area contributed by atoms with E-state index in [1.165, 1.54) is 0 Å². The number of urea groups is 1. The number of carbonyl (C=O) groups is 2. The number of amides is 3. The largest absolute Gasteiger partial charge is 0.338 e. The number of carbonyl (C=O) groups excluding carboxylic acids is 2. The van der Waals surface area contributed by atoms with Crippen LogP contribution in [0.5, 0.6) is 0 Å². The van der Waals surface area contributed by atoms with E-state index in [1.54, 1.807) is 25.1 Å². The van der Waals surface area contributed by atoms with Crippen molar-refractivity contribution in [2.24, 2.45) is 5.92 Å². The predicted molar refractivity (Wildman–Crippen MR) is 104 cm³/mol.